The van der Waals surface area contributed by atoms with Gasteiger partial charge < -0.3 is 9.47 Å². The molecule has 0 unspecified atom stereocenters. The SMILES string of the molecule is Cc1nccn1CC1CN(c2ccnc(C(C)(C)C)n2)C1. The third kappa shape index (κ3) is 2.91. The fourth-order valence-corrected chi connectivity index (χ4v) is 2.63. The Hall–Kier alpha value is -1.91. The van der Waals surface area contributed by atoms with Gasteiger partial charge in [0.2, 0.25) is 0 Å². The summed E-state index contributed by atoms with van der Waals surface area (Å²) in [7, 11) is 0. The Balaban J connectivity index is 1.63. The van der Waals surface area contributed by atoms with Crippen molar-refractivity contribution in [3.63, 3.8) is 0 Å². The van der Waals surface area contributed by atoms with E-state index >= 15 is 0 Å². The fraction of sp³-hybridized carbons (Fsp3) is 0.562. The van der Waals surface area contributed by atoms with Crippen LogP contribution >= 0.6 is 0 Å². The summed E-state index contributed by atoms with van der Waals surface area (Å²) in [6.45, 7) is 11.6. The van der Waals surface area contributed by atoms with E-state index in [2.05, 4.69) is 53.3 Å². The van der Waals surface area contributed by atoms with Gasteiger partial charge in [0.1, 0.15) is 17.5 Å². The van der Waals surface area contributed by atoms with Crippen molar-refractivity contribution in [2.24, 2.45) is 5.92 Å². The normalized spacial score (nSPS) is 16.1. The maximum absolute atomic E-state index is 4.71. The Morgan fingerprint density at radius 3 is 2.57 bits per heavy atom. The van der Waals surface area contributed by atoms with E-state index in [1.54, 1.807) is 0 Å². The maximum Gasteiger partial charge on any atom is 0.135 e. The Labute approximate surface area is 126 Å². The Kier molecular flexibility index (Phi) is 3.43. The number of anilines is 1. The number of hydrogen-bond acceptors (Lipinski definition) is 4. The average molecular weight is 285 g/mol. The molecule has 2 aromatic heterocycles. The fourth-order valence-electron chi connectivity index (χ4n) is 2.63. The van der Waals surface area contributed by atoms with E-state index in [0.29, 0.717) is 5.92 Å². The minimum atomic E-state index is -0.00575. The number of aromatic nitrogens is 4. The molecule has 3 heterocycles. The first-order valence-corrected chi connectivity index (χ1v) is 7.50. The van der Waals surface area contributed by atoms with Crippen LogP contribution in [0.1, 0.15) is 32.4 Å². The first kappa shape index (κ1) is 14.0. The number of rotatable bonds is 3. The quantitative estimate of drug-likeness (QED) is 0.869. The zero-order valence-electron chi connectivity index (χ0n) is 13.2. The summed E-state index contributed by atoms with van der Waals surface area (Å²) in [5.41, 5.74) is -0.00575. The van der Waals surface area contributed by atoms with Crippen LogP contribution in [0, 0.1) is 12.8 Å². The van der Waals surface area contributed by atoms with Gasteiger partial charge >= 0.3 is 0 Å². The van der Waals surface area contributed by atoms with Crippen molar-refractivity contribution >= 4 is 5.82 Å². The summed E-state index contributed by atoms with van der Waals surface area (Å²) < 4.78 is 2.22. The topological polar surface area (TPSA) is 46.8 Å². The molecule has 1 saturated heterocycles. The lowest BCUT2D eigenvalue weighted by molar-refractivity contribution is 0.351. The minimum Gasteiger partial charge on any atom is -0.356 e. The smallest absolute Gasteiger partial charge is 0.135 e. The molecule has 0 atom stereocenters. The van der Waals surface area contributed by atoms with Gasteiger partial charge in [-0.25, -0.2) is 15.0 Å². The van der Waals surface area contributed by atoms with Crippen LogP contribution in [0.25, 0.3) is 0 Å². The molecule has 112 valence electrons. The van der Waals surface area contributed by atoms with Crippen LogP contribution < -0.4 is 4.90 Å². The van der Waals surface area contributed by atoms with Crippen LogP contribution in [-0.4, -0.2) is 32.6 Å². The third-order valence-corrected chi connectivity index (χ3v) is 3.97. The van der Waals surface area contributed by atoms with Crippen molar-refractivity contribution in [2.75, 3.05) is 18.0 Å². The molecule has 0 bridgehead atoms. The summed E-state index contributed by atoms with van der Waals surface area (Å²) >= 11 is 0. The number of imidazole rings is 1. The van der Waals surface area contributed by atoms with Gasteiger partial charge in [-0.15, -0.1) is 0 Å². The van der Waals surface area contributed by atoms with Gasteiger partial charge in [0, 0.05) is 49.6 Å². The highest BCUT2D eigenvalue weighted by Crippen LogP contribution is 2.26. The molecule has 5 heteroatoms. The van der Waals surface area contributed by atoms with E-state index in [4.69, 9.17) is 4.98 Å². The van der Waals surface area contributed by atoms with Crippen molar-refractivity contribution in [3.05, 3.63) is 36.3 Å². The summed E-state index contributed by atoms with van der Waals surface area (Å²) in [4.78, 5) is 15.7. The summed E-state index contributed by atoms with van der Waals surface area (Å²) in [5, 5.41) is 0. The summed E-state index contributed by atoms with van der Waals surface area (Å²) in [6.07, 6.45) is 5.79. The van der Waals surface area contributed by atoms with Gasteiger partial charge in [-0.3, -0.25) is 0 Å². The van der Waals surface area contributed by atoms with Gasteiger partial charge in [0.15, 0.2) is 0 Å². The summed E-state index contributed by atoms with van der Waals surface area (Å²) in [5.74, 6) is 3.72. The third-order valence-electron chi connectivity index (χ3n) is 3.97. The van der Waals surface area contributed by atoms with Crippen molar-refractivity contribution in [1.82, 2.24) is 19.5 Å². The predicted molar refractivity (Wildman–Crippen MR) is 83.4 cm³/mol. The highest BCUT2D eigenvalue weighted by Gasteiger charge is 2.29. The molecule has 0 radical (unpaired) electrons. The van der Waals surface area contributed by atoms with Gasteiger partial charge in [-0.1, -0.05) is 20.8 Å². The van der Waals surface area contributed by atoms with Crippen molar-refractivity contribution in [2.45, 2.75) is 39.7 Å². The second kappa shape index (κ2) is 5.13. The van der Waals surface area contributed by atoms with Crippen LogP contribution in [0.2, 0.25) is 0 Å². The molecule has 0 N–H and O–H groups in total. The minimum absolute atomic E-state index is 0.00575. The van der Waals surface area contributed by atoms with E-state index in [9.17, 15) is 0 Å². The van der Waals surface area contributed by atoms with E-state index in [-0.39, 0.29) is 5.41 Å². The monoisotopic (exact) mass is 285 g/mol. The molecule has 1 aliphatic heterocycles. The molecule has 1 fully saturated rings. The van der Waals surface area contributed by atoms with Crippen LogP contribution in [0.3, 0.4) is 0 Å². The zero-order chi connectivity index (χ0) is 15.0. The molecule has 3 rings (SSSR count). The van der Waals surface area contributed by atoms with E-state index in [1.165, 1.54) is 0 Å². The second-order valence-corrected chi connectivity index (χ2v) is 6.89. The highest BCUT2D eigenvalue weighted by molar-refractivity contribution is 5.41. The molecule has 1 aliphatic rings. The van der Waals surface area contributed by atoms with E-state index in [1.807, 2.05) is 18.5 Å². The number of hydrogen-bond donors (Lipinski definition) is 0. The molecule has 0 amide bonds. The number of aryl methyl sites for hydroxylation is 1. The molecule has 0 saturated carbocycles. The first-order valence-electron chi connectivity index (χ1n) is 7.50. The Morgan fingerprint density at radius 1 is 1.19 bits per heavy atom. The lowest BCUT2D eigenvalue weighted by atomic mass is 9.95. The van der Waals surface area contributed by atoms with Crippen molar-refractivity contribution in [1.29, 1.82) is 0 Å². The largest absolute Gasteiger partial charge is 0.356 e. The molecule has 0 aliphatic carbocycles. The standard InChI is InChI=1S/C16H23N5/c1-12-17-7-8-20(12)9-13-10-21(11-13)14-5-6-18-15(19-14)16(2,3)4/h5-8,13H,9-11H2,1-4H3. The first-order chi connectivity index (χ1) is 9.93. The van der Waals surface area contributed by atoms with Crippen LogP contribution in [0.4, 0.5) is 5.82 Å². The molecule has 2 aromatic rings. The maximum atomic E-state index is 4.71. The Bertz CT molecular complexity index is 620. The molecular formula is C16H23N5. The Morgan fingerprint density at radius 2 is 1.95 bits per heavy atom. The van der Waals surface area contributed by atoms with Crippen molar-refractivity contribution in [3.8, 4) is 0 Å². The average Bonchev–Trinajstić information content (AvgIpc) is 2.78. The molecule has 5 nitrogen and oxygen atoms in total. The van der Waals surface area contributed by atoms with Gasteiger partial charge in [-0.05, 0) is 13.0 Å². The predicted octanol–water partition coefficient (Wildman–Crippen LogP) is 2.42. The lowest BCUT2D eigenvalue weighted by Crippen LogP contribution is -2.49. The molecule has 0 spiro atoms. The van der Waals surface area contributed by atoms with Gasteiger partial charge in [0.25, 0.3) is 0 Å². The number of nitrogens with zero attached hydrogens (tertiary/aromatic N) is 5. The molecule has 0 aromatic carbocycles. The van der Waals surface area contributed by atoms with Crippen LogP contribution in [0.5, 0.6) is 0 Å². The second-order valence-electron chi connectivity index (χ2n) is 6.89. The zero-order valence-corrected chi connectivity index (χ0v) is 13.2. The van der Waals surface area contributed by atoms with E-state index < -0.39 is 0 Å². The van der Waals surface area contributed by atoms with Gasteiger partial charge in [-0.2, -0.15) is 0 Å². The molecule has 21 heavy (non-hydrogen) atoms. The highest BCUT2D eigenvalue weighted by atomic mass is 15.3. The van der Waals surface area contributed by atoms with E-state index in [0.717, 1.165) is 37.1 Å². The van der Waals surface area contributed by atoms with Gasteiger partial charge in [0.05, 0.1) is 0 Å². The van der Waals surface area contributed by atoms with Crippen LogP contribution in [-0.2, 0) is 12.0 Å². The summed E-state index contributed by atoms with van der Waals surface area (Å²) in [6, 6.07) is 2.01. The molecular weight excluding hydrogens is 262 g/mol. The van der Waals surface area contributed by atoms with Crippen molar-refractivity contribution < 1.29 is 0 Å². The lowest BCUT2D eigenvalue weighted by Gasteiger charge is -2.40. The van der Waals surface area contributed by atoms with Crippen LogP contribution in [0.15, 0.2) is 24.7 Å².